The van der Waals surface area contributed by atoms with E-state index >= 15 is 0 Å². The summed E-state index contributed by atoms with van der Waals surface area (Å²) in [7, 11) is 1.56. The minimum absolute atomic E-state index is 0.261. The predicted octanol–water partition coefficient (Wildman–Crippen LogP) is 0.988. The van der Waals surface area contributed by atoms with E-state index in [9.17, 15) is 14.4 Å². The van der Waals surface area contributed by atoms with E-state index < -0.39 is 17.5 Å². The SMILES string of the molecule is COc1ccc([C@@]2(C)NC(=O)N(CC(=O)NCC3CC3)C2=O)cc1. The normalized spacial score (nSPS) is 23.2. The number of nitrogens with one attached hydrogen (secondary N) is 2. The molecule has 128 valence electrons. The van der Waals surface area contributed by atoms with Crippen molar-refractivity contribution in [1.82, 2.24) is 15.5 Å². The summed E-state index contributed by atoms with van der Waals surface area (Å²) >= 11 is 0. The summed E-state index contributed by atoms with van der Waals surface area (Å²) in [6, 6.07) is 6.36. The summed E-state index contributed by atoms with van der Waals surface area (Å²) in [5.41, 5.74) is -0.539. The Bertz CT molecular complexity index is 669. The van der Waals surface area contributed by atoms with Gasteiger partial charge in [0.1, 0.15) is 17.8 Å². The molecular formula is C17H21N3O4. The number of benzene rings is 1. The molecule has 1 aromatic rings. The summed E-state index contributed by atoms with van der Waals surface area (Å²) in [6.07, 6.45) is 2.25. The smallest absolute Gasteiger partial charge is 0.325 e. The van der Waals surface area contributed by atoms with Crippen LogP contribution >= 0.6 is 0 Å². The number of rotatable bonds is 6. The van der Waals surface area contributed by atoms with Crippen molar-refractivity contribution in [3.63, 3.8) is 0 Å². The molecular weight excluding hydrogens is 310 g/mol. The number of carbonyl (C=O) groups is 3. The summed E-state index contributed by atoms with van der Waals surface area (Å²) in [5.74, 6) is 0.459. The molecule has 2 N–H and O–H groups in total. The fourth-order valence-corrected chi connectivity index (χ4v) is 2.74. The zero-order valence-electron chi connectivity index (χ0n) is 13.8. The molecule has 4 amide bonds. The number of hydrogen-bond donors (Lipinski definition) is 2. The van der Waals surface area contributed by atoms with E-state index in [-0.39, 0.29) is 12.5 Å². The van der Waals surface area contributed by atoms with E-state index in [4.69, 9.17) is 4.74 Å². The third kappa shape index (κ3) is 3.06. The van der Waals surface area contributed by atoms with E-state index in [1.165, 1.54) is 0 Å². The lowest BCUT2D eigenvalue weighted by atomic mass is 9.92. The van der Waals surface area contributed by atoms with Gasteiger partial charge in [0.25, 0.3) is 5.91 Å². The van der Waals surface area contributed by atoms with Gasteiger partial charge in [-0.25, -0.2) is 4.79 Å². The highest BCUT2D eigenvalue weighted by Crippen LogP contribution is 2.30. The molecule has 0 aromatic heterocycles. The van der Waals surface area contributed by atoms with Gasteiger partial charge in [0.2, 0.25) is 5.91 Å². The molecule has 0 unspecified atom stereocenters. The molecule has 3 rings (SSSR count). The molecule has 1 aliphatic carbocycles. The maximum absolute atomic E-state index is 12.7. The first-order valence-corrected chi connectivity index (χ1v) is 7.99. The average Bonchev–Trinajstić information content (AvgIpc) is 3.38. The van der Waals surface area contributed by atoms with Crippen LogP contribution in [0.3, 0.4) is 0 Å². The monoisotopic (exact) mass is 331 g/mol. The first-order chi connectivity index (χ1) is 11.4. The lowest BCUT2D eigenvalue weighted by molar-refractivity contribution is -0.134. The molecule has 1 aromatic carbocycles. The third-order valence-electron chi connectivity index (χ3n) is 4.53. The van der Waals surface area contributed by atoms with Crippen LogP contribution in [0.4, 0.5) is 4.79 Å². The Morgan fingerprint density at radius 2 is 2.00 bits per heavy atom. The Balaban J connectivity index is 1.70. The Kier molecular flexibility index (Phi) is 4.17. The molecule has 7 nitrogen and oxygen atoms in total. The minimum atomic E-state index is -1.18. The Hall–Kier alpha value is -2.57. The highest BCUT2D eigenvalue weighted by Gasteiger charge is 2.49. The Morgan fingerprint density at radius 1 is 1.33 bits per heavy atom. The fraction of sp³-hybridized carbons (Fsp3) is 0.471. The Labute approximate surface area is 140 Å². The summed E-state index contributed by atoms with van der Waals surface area (Å²) < 4.78 is 5.10. The molecule has 2 fully saturated rings. The quantitative estimate of drug-likeness (QED) is 0.761. The van der Waals surface area contributed by atoms with E-state index in [1.54, 1.807) is 38.3 Å². The standard InChI is InChI=1S/C17H21N3O4/c1-17(12-5-7-13(24-2)8-6-12)15(22)20(16(23)19-17)10-14(21)18-9-11-3-4-11/h5-8,11H,3-4,9-10H2,1-2H3,(H,18,21)(H,19,23)/t17-/m1/s1. The Morgan fingerprint density at radius 3 is 2.58 bits per heavy atom. The number of urea groups is 1. The second-order valence-corrected chi connectivity index (χ2v) is 6.42. The molecule has 0 bridgehead atoms. The van der Waals surface area contributed by atoms with Gasteiger partial charge in [0, 0.05) is 6.54 Å². The molecule has 1 saturated carbocycles. The highest BCUT2D eigenvalue weighted by molar-refractivity contribution is 6.09. The van der Waals surface area contributed by atoms with Gasteiger partial charge in [-0.1, -0.05) is 12.1 Å². The lowest BCUT2D eigenvalue weighted by Crippen LogP contribution is -2.43. The van der Waals surface area contributed by atoms with Crippen LogP contribution in [-0.4, -0.2) is 42.9 Å². The van der Waals surface area contributed by atoms with Crippen LogP contribution in [0, 0.1) is 5.92 Å². The van der Waals surface area contributed by atoms with E-state index in [2.05, 4.69) is 10.6 Å². The van der Waals surface area contributed by atoms with Crippen molar-refractivity contribution >= 4 is 17.8 Å². The van der Waals surface area contributed by atoms with E-state index in [0.717, 1.165) is 17.7 Å². The zero-order chi connectivity index (χ0) is 17.3. The molecule has 24 heavy (non-hydrogen) atoms. The van der Waals surface area contributed by atoms with Gasteiger partial charge in [-0.05, 0) is 43.4 Å². The fourth-order valence-electron chi connectivity index (χ4n) is 2.74. The van der Waals surface area contributed by atoms with Crippen LogP contribution in [0.15, 0.2) is 24.3 Å². The van der Waals surface area contributed by atoms with Crippen molar-refractivity contribution in [3.05, 3.63) is 29.8 Å². The highest BCUT2D eigenvalue weighted by atomic mass is 16.5. The van der Waals surface area contributed by atoms with E-state index in [0.29, 0.717) is 23.8 Å². The van der Waals surface area contributed by atoms with Crippen LogP contribution in [0.2, 0.25) is 0 Å². The van der Waals surface area contributed by atoms with Crippen LogP contribution < -0.4 is 15.4 Å². The number of imide groups is 1. The molecule has 1 saturated heterocycles. The van der Waals surface area contributed by atoms with Gasteiger partial charge in [-0.2, -0.15) is 0 Å². The van der Waals surface area contributed by atoms with Crippen LogP contribution in [0.25, 0.3) is 0 Å². The summed E-state index contributed by atoms with van der Waals surface area (Å²) in [6.45, 7) is 1.98. The van der Waals surface area contributed by atoms with Gasteiger partial charge >= 0.3 is 6.03 Å². The summed E-state index contributed by atoms with van der Waals surface area (Å²) in [5, 5.41) is 5.45. The largest absolute Gasteiger partial charge is 0.497 e. The van der Waals surface area contributed by atoms with Crippen molar-refractivity contribution in [2.24, 2.45) is 5.92 Å². The van der Waals surface area contributed by atoms with Gasteiger partial charge in [0.15, 0.2) is 0 Å². The number of nitrogens with zero attached hydrogens (tertiary/aromatic N) is 1. The summed E-state index contributed by atoms with van der Waals surface area (Å²) in [4.78, 5) is 37.8. The number of methoxy groups -OCH3 is 1. The predicted molar refractivity (Wildman–Crippen MR) is 86.3 cm³/mol. The average molecular weight is 331 g/mol. The van der Waals surface area contributed by atoms with Gasteiger partial charge in [-0.15, -0.1) is 0 Å². The second-order valence-electron chi connectivity index (χ2n) is 6.42. The van der Waals surface area contributed by atoms with Crippen molar-refractivity contribution in [3.8, 4) is 5.75 Å². The number of amides is 4. The van der Waals surface area contributed by atoms with Gasteiger partial charge in [0.05, 0.1) is 7.11 Å². The van der Waals surface area contributed by atoms with Crippen LogP contribution in [-0.2, 0) is 15.1 Å². The van der Waals surface area contributed by atoms with Crippen molar-refractivity contribution in [2.75, 3.05) is 20.2 Å². The van der Waals surface area contributed by atoms with E-state index in [1.807, 2.05) is 0 Å². The number of hydrogen-bond acceptors (Lipinski definition) is 4. The maximum atomic E-state index is 12.7. The van der Waals surface area contributed by atoms with Crippen molar-refractivity contribution < 1.29 is 19.1 Å². The van der Waals surface area contributed by atoms with Gasteiger partial charge in [-0.3, -0.25) is 14.5 Å². The van der Waals surface area contributed by atoms with Crippen molar-refractivity contribution in [2.45, 2.75) is 25.3 Å². The first-order valence-electron chi connectivity index (χ1n) is 7.99. The van der Waals surface area contributed by atoms with Crippen molar-refractivity contribution in [1.29, 1.82) is 0 Å². The third-order valence-corrected chi connectivity index (χ3v) is 4.53. The molecule has 1 atom stereocenters. The van der Waals surface area contributed by atoms with Crippen LogP contribution in [0.5, 0.6) is 5.75 Å². The molecule has 0 radical (unpaired) electrons. The number of ether oxygens (including phenoxy) is 1. The molecule has 7 heteroatoms. The zero-order valence-corrected chi connectivity index (χ0v) is 13.8. The minimum Gasteiger partial charge on any atom is -0.497 e. The first kappa shape index (κ1) is 16.3. The molecule has 0 spiro atoms. The second kappa shape index (κ2) is 6.14. The maximum Gasteiger partial charge on any atom is 0.325 e. The number of carbonyl (C=O) groups excluding carboxylic acids is 3. The topological polar surface area (TPSA) is 87.7 Å². The molecule has 1 aliphatic heterocycles. The van der Waals surface area contributed by atoms with Gasteiger partial charge < -0.3 is 15.4 Å². The molecule has 2 aliphatic rings. The molecule has 1 heterocycles. The van der Waals surface area contributed by atoms with Crippen LogP contribution in [0.1, 0.15) is 25.3 Å². The lowest BCUT2D eigenvalue weighted by Gasteiger charge is -2.22.